The second kappa shape index (κ2) is 9.66. The van der Waals surface area contributed by atoms with Gasteiger partial charge in [0.15, 0.2) is 11.6 Å². The number of aryl methyl sites for hydroxylation is 1. The molecule has 0 saturated heterocycles. The van der Waals surface area contributed by atoms with Crippen LogP contribution in [0.25, 0.3) is 5.69 Å². The highest BCUT2D eigenvalue weighted by Gasteiger charge is 2.36. The number of fused-ring (bicyclic) bond motifs is 1. The minimum atomic E-state index is -0.810. The van der Waals surface area contributed by atoms with Crippen molar-refractivity contribution in [2.45, 2.75) is 19.4 Å². The first kappa shape index (κ1) is 23.9. The number of ether oxygens (including phenoxy) is 3. The maximum absolute atomic E-state index is 14.1. The van der Waals surface area contributed by atoms with Crippen LogP contribution in [0.1, 0.15) is 28.3 Å². The van der Waals surface area contributed by atoms with Gasteiger partial charge in [-0.1, -0.05) is 24.3 Å². The van der Waals surface area contributed by atoms with Crippen molar-refractivity contribution in [1.82, 2.24) is 9.78 Å². The molecule has 0 amide bonds. The van der Waals surface area contributed by atoms with Crippen molar-refractivity contribution in [3.8, 4) is 29.1 Å². The van der Waals surface area contributed by atoms with Gasteiger partial charge in [0, 0.05) is 11.6 Å². The molecule has 0 saturated carbocycles. The third kappa shape index (κ3) is 4.34. The Bertz CT molecular complexity index is 1560. The van der Waals surface area contributed by atoms with Crippen LogP contribution in [0, 0.1) is 29.9 Å². The number of nitrogens with zero attached hydrogens (tertiary/aromatic N) is 3. The van der Waals surface area contributed by atoms with Gasteiger partial charge >= 0.3 is 0 Å². The number of nitrogens with two attached hydrogens (primary N) is 1. The summed E-state index contributed by atoms with van der Waals surface area (Å²) in [4.78, 5) is 0. The van der Waals surface area contributed by atoms with Crippen molar-refractivity contribution in [2.24, 2.45) is 5.73 Å². The zero-order chi connectivity index (χ0) is 26.1. The Kier molecular flexibility index (Phi) is 6.24. The molecule has 1 aliphatic heterocycles. The summed E-state index contributed by atoms with van der Waals surface area (Å²) in [5.41, 5.74) is 9.94. The number of allylic oxidation sites excluding steroid dienone is 1. The Labute approximate surface area is 211 Å². The zero-order valence-corrected chi connectivity index (χ0v) is 20.0. The molecular weight excluding hydrogens is 478 g/mol. The molecule has 9 heteroatoms. The summed E-state index contributed by atoms with van der Waals surface area (Å²) in [6.45, 7) is 1.79. The normalized spacial score (nSPS) is 14.5. The first-order valence-electron chi connectivity index (χ1n) is 11.4. The van der Waals surface area contributed by atoms with Crippen LogP contribution in [0.4, 0.5) is 8.78 Å². The summed E-state index contributed by atoms with van der Waals surface area (Å²) in [6.07, 6.45) is 0. The molecule has 37 heavy (non-hydrogen) atoms. The third-order valence-electron chi connectivity index (χ3n) is 6.15. The number of nitriles is 1. The maximum atomic E-state index is 14.1. The summed E-state index contributed by atoms with van der Waals surface area (Å²) in [7, 11) is 1.51. The van der Waals surface area contributed by atoms with E-state index in [-0.39, 0.29) is 23.8 Å². The molecule has 0 unspecified atom stereocenters. The molecule has 0 fully saturated rings. The summed E-state index contributed by atoms with van der Waals surface area (Å²) in [5, 5.41) is 14.7. The molecule has 1 aromatic heterocycles. The van der Waals surface area contributed by atoms with E-state index in [9.17, 15) is 14.0 Å². The average Bonchev–Trinajstić information content (AvgIpc) is 3.23. The Morgan fingerprint density at radius 3 is 2.54 bits per heavy atom. The van der Waals surface area contributed by atoms with Crippen LogP contribution in [0.2, 0.25) is 0 Å². The van der Waals surface area contributed by atoms with Crippen LogP contribution in [-0.2, 0) is 6.61 Å². The number of rotatable bonds is 6. The maximum Gasteiger partial charge on any atom is 0.229 e. The average molecular weight is 501 g/mol. The lowest BCUT2D eigenvalue weighted by Crippen LogP contribution is -2.22. The van der Waals surface area contributed by atoms with Crippen molar-refractivity contribution < 1.29 is 23.0 Å². The quantitative estimate of drug-likeness (QED) is 0.388. The number of methoxy groups -OCH3 is 1. The SMILES string of the molecule is COc1ccc([C@H]2C(C#N)=C(N)Oc3c2c(C)nn3-c2ccccc2)cc1COc1ccc(F)cc1F. The van der Waals surface area contributed by atoms with Crippen molar-refractivity contribution in [1.29, 1.82) is 5.26 Å². The number of para-hydroxylation sites is 1. The standard InChI is InChI=1S/C28H22F2N4O3/c1-16-25-26(21(14-31)27(32)37-28(25)34(33-16)20-6-4-3-5-7-20)17-8-10-23(35-2)18(12-17)15-36-24-11-9-19(29)13-22(24)30/h3-13,26H,15,32H2,1-2H3/t26-/m0/s1. The second-order valence-electron chi connectivity index (χ2n) is 8.41. The summed E-state index contributed by atoms with van der Waals surface area (Å²) in [6, 6.07) is 20.1. The van der Waals surface area contributed by atoms with Gasteiger partial charge in [-0.05, 0) is 48.9 Å². The molecule has 0 bridgehead atoms. The lowest BCUT2D eigenvalue weighted by atomic mass is 9.83. The molecule has 2 N–H and O–H groups in total. The number of hydrogen-bond donors (Lipinski definition) is 1. The fraction of sp³-hybridized carbons (Fsp3) is 0.143. The van der Waals surface area contributed by atoms with Crippen molar-refractivity contribution in [3.63, 3.8) is 0 Å². The fourth-order valence-electron chi connectivity index (χ4n) is 4.43. The molecule has 186 valence electrons. The van der Waals surface area contributed by atoms with Gasteiger partial charge < -0.3 is 19.9 Å². The summed E-state index contributed by atoms with van der Waals surface area (Å²) >= 11 is 0. The second-order valence-corrected chi connectivity index (χ2v) is 8.41. The van der Waals surface area contributed by atoms with Crippen molar-refractivity contribution in [2.75, 3.05) is 7.11 Å². The van der Waals surface area contributed by atoms with E-state index in [4.69, 9.17) is 19.9 Å². The van der Waals surface area contributed by atoms with Gasteiger partial charge in [0.25, 0.3) is 0 Å². The molecule has 0 spiro atoms. The predicted molar refractivity (Wildman–Crippen MR) is 131 cm³/mol. The molecule has 5 rings (SSSR count). The minimum absolute atomic E-state index is 0.0147. The smallest absolute Gasteiger partial charge is 0.229 e. The fourth-order valence-corrected chi connectivity index (χ4v) is 4.43. The van der Waals surface area contributed by atoms with E-state index in [2.05, 4.69) is 11.2 Å². The van der Waals surface area contributed by atoms with E-state index >= 15 is 0 Å². The molecule has 7 nitrogen and oxygen atoms in total. The molecular formula is C28H22F2N4O3. The van der Waals surface area contributed by atoms with E-state index in [1.165, 1.54) is 13.2 Å². The summed E-state index contributed by atoms with van der Waals surface area (Å²) in [5.74, 6) is -1.25. The molecule has 3 aromatic carbocycles. The van der Waals surface area contributed by atoms with Gasteiger partial charge in [-0.25, -0.2) is 13.5 Å². The van der Waals surface area contributed by atoms with Gasteiger partial charge in [-0.2, -0.15) is 10.4 Å². The van der Waals surface area contributed by atoms with Crippen LogP contribution in [-0.4, -0.2) is 16.9 Å². The van der Waals surface area contributed by atoms with Crippen LogP contribution in [0.3, 0.4) is 0 Å². The van der Waals surface area contributed by atoms with Gasteiger partial charge in [-0.15, -0.1) is 0 Å². The Balaban J connectivity index is 1.58. The van der Waals surface area contributed by atoms with Gasteiger partial charge in [0.2, 0.25) is 11.8 Å². The number of aromatic nitrogens is 2. The molecule has 1 atom stereocenters. The highest BCUT2D eigenvalue weighted by molar-refractivity contribution is 5.58. The van der Waals surface area contributed by atoms with E-state index in [0.29, 0.717) is 28.5 Å². The lowest BCUT2D eigenvalue weighted by Gasteiger charge is -2.25. The van der Waals surface area contributed by atoms with Gasteiger partial charge in [0.05, 0.1) is 30.0 Å². The highest BCUT2D eigenvalue weighted by Crippen LogP contribution is 2.45. The first-order chi connectivity index (χ1) is 17.9. The molecule has 1 aliphatic rings. The van der Waals surface area contributed by atoms with Gasteiger partial charge in [-0.3, -0.25) is 0 Å². The predicted octanol–water partition coefficient (Wildman–Crippen LogP) is 5.26. The Morgan fingerprint density at radius 2 is 1.84 bits per heavy atom. The van der Waals surface area contributed by atoms with Crippen LogP contribution in [0.5, 0.6) is 17.4 Å². The van der Waals surface area contributed by atoms with Crippen LogP contribution >= 0.6 is 0 Å². The zero-order valence-electron chi connectivity index (χ0n) is 20.0. The summed E-state index contributed by atoms with van der Waals surface area (Å²) < 4.78 is 46.1. The van der Waals surface area contributed by atoms with Crippen molar-refractivity contribution in [3.05, 3.63) is 112 Å². The Morgan fingerprint density at radius 1 is 1.08 bits per heavy atom. The number of halogens is 2. The van der Waals surface area contributed by atoms with E-state index < -0.39 is 17.6 Å². The van der Waals surface area contributed by atoms with E-state index in [1.54, 1.807) is 10.7 Å². The molecule has 0 aliphatic carbocycles. The molecule has 2 heterocycles. The largest absolute Gasteiger partial charge is 0.496 e. The molecule has 0 radical (unpaired) electrons. The topological polar surface area (TPSA) is 95.3 Å². The van der Waals surface area contributed by atoms with E-state index in [0.717, 1.165) is 23.4 Å². The number of hydrogen-bond acceptors (Lipinski definition) is 6. The first-order valence-corrected chi connectivity index (χ1v) is 11.4. The number of benzene rings is 3. The highest BCUT2D eigenvalue weighted by atomic mass is 19.1. The Hall–Kier alpha value is -4.84. The van der Waals surface area contributed by atoms with Gasteiger partial charge in [0.1, 0.15) is 29.8 Å². The lowest BCUT2D eigenvalue weighted by molar-refractivity contribution is 0.281. The van der Waals surface area contributed by atoms with Crippen LogP contribution < -0.4 is 19.9 Å². The van der Waals surface area contributed by atoms with Crippen molar-refractivity contribution >= 4 is 0 Å². The minimum Gasteiger partial charge on any atom is -0.496 e. The van der Waals surface area contributed by atoms with E-state index in [1.807, 2.05) is 49.4 Å². The third-order valence-corrected chi connectivity index (χ3v) is 6.15. The molecule has 4 aromatic rings. The van der Waals surface area contributed by atoms with Crippen LogP contribution in [0.15, 0.2) is 78.2 Å². The monoisotopic (exact) mass is 500 g/mol.